The van der Waals surface area contributed by atoms with Gasteiger partial charge in [-0.2, -0.15) is 0 Å². The van der Waals surface area contributed by atoms with Crippen molar-refractivity contribution >= 4 is 25.4 Å². The fourth-order valence-electron chi connectivity index (χ4n) is 1.18. The first kappa shape index (κ1) is 14.2. The SMILES string of the molecule is CCO[Si](C)(CCSC(C)=O)OCC. The second-order valence-electron chi connectivity index (χ2n) is 3.09. The standard InChI is InChI=1S/C9H20O3SSi/c1-5-11-14(4,12-6-2)8-7-13-9(3)10/h5-8H2,1-4H3. The predicted molar refractivity (Wildman–Crippen MR) is 62.8 cm³/mol. The highest BCUT2D eigenvalue weighted by Gasteiger charge is 2.30. The normalized spacial score (nSPS) is 11.7. The zero-order valence-electron chi connectivity index (χ0n) is 9.46. The highest BCUT2D eigenvalue weighted by atomic mass is 32.2. The lowest BCUT2D eigenvalue weighted by Crippen LogP contribution is -2.39. The van der Waals surface area contributed by atoms with Gasteiger partial charge in [-0.05, 0) is 20.4 Å². The van der Waals surface area contributed by atoms with Crippen molar-refractivity contribution in [2.75, 3.05) is 19.0 Å². The minimum Gasteiger partial charge on any atom is -0.395 e. The van der Waals surface area contributed by atoms with Gasteiger partial charge in [-0.15, -0.1) is 0 Å². The van der Waals surface area contributed by atoms with E-state index in [-0.39, 0.29) is 5.12 Å². The summed E-state index contributed by atoms with van der Waals surface area (Å²) in [5.41, 5.74) is 0. The van der Waals surface area contributed by atoms with Gasteiger partial charge < -0.3 is 8.85 Å². The molecule has 0 aliphatic heterocycles. The quantitative estimate of drug-likeness (QED) is 0.636. The van der Waals surface area contributed by atoms with E-state index < -0.39 is 8.56 Å². The molecular weight excluding hydrogens is 216 g/mol. The number of hydrogen-bond donors (Lipinski definition) is 0. The Morgan fingerprint density at radius 1 is 1.29 bits per heavy atom. The Kier molecular flexibility index (Phi) is 7.53. The Morgan fingerprint density at radius 2 is 1.79 bits per heavy atom. The van der Waals surface area contributed by atoms with Gasteiger partial charge in [0.1, 0.15) is 0 Å². The van der Waals surface area contributed by atoms with E-state index in [2.05, 4.69) is 6.55 Å². The molecule has 0 fully saturated rings. The summed E-state index contributed by atoms with van der Waals surface area (Å²) >= 11 is 1.35. The first-order valence-electron chi connectivity index (χ1n) is 4.95. The third kappa shape index (κ3) is 6.59. The smallest absolute Gasteiger partial charge is 0.335 e. The van der Waals surface area contributed by atoms with E-state index in [4.69, 9.17) is 8.85 Å². The average molecular weight is 236 g/mol. The van der Waals surface area contributed by atoms with Crippen LogP contribution in [-0.4, -0.2) is 32.6 Å². The highest BCUT2D eigenvalue weighted by Crippen LogP contribution is 2.17. The summed E-state index contributed by atoms with van der Waals surface area (Å²) in [6.07, 6.45) is 0. The van der Waals surface area contributed by atoms with Crippen molar-refractivity contribution in [2.45, 2.75) is 33.4 Å². The summed E-state index contributed by atoms with van der Waals surface area (Å²) in [5.74, 6) is 0.804. The molecule has 14 heavy (non-hydrogen) atoms. The molecule has 0 aliphatic rings. The molecule has 0 spiro atoms. The minimum absolute atomic E-state index is 0.161. The molecule has 5 heteroatoms. The first-order chi connectivity index (χ1) is 6.54. The van der Waals surface area contributed by atoms with E-state index in [1.165, 1.54) is 11.8 Å². The van der Waals surface area contributed by atoms with Gasteiger partial charge in [0, 0.05) is 31.9 Å². The Bertz CT molecular complexity index is 169. The number of thioether (sulfide) groups is 1. The molecule has 0 unspecified atom stereocenters. The molecule has 0 heterocycles. The zero-order valence-corrected chi connectivity index (χ0v) is 11.3. The van der Waals surface area contributed by atoms with E-state index in [9.17, 15) is 4.79 Å². The van der Waals surface area contributed by atoms with Crippen LogP contribution in [0, 0.1) is 0 Å². The fraction of sp³-hybridized carbons (Fsp3) is 0.889. The van der Waals surface area contributed by atoms with E-state index in [0.717, 1.165) is 11.8 Å². The van der Waals surface area contributed by atoms with Crippen LogP contribution in [0.3, 0.4) is 0 Å². The predicted octanol–water partition coefficient (Wildman–Crippen LogP) is 2.41. The van der Waals surface area contributed by atoms with Gasteiger partial charge in [0.25, 0.3) is 0 Å². The van der Waals surface area contributed by atoms with Gasteiger partial charge in [-0.25, -0.2) is 0 Å². The minimum atomic E-state index is -1.99. The number of hydrogen-bond acceptors (Lipinski definition) is 4. The summed E-state index contributed by atoms with van der Waals surface area (Å²) in [4.78, 5) is 10.7. The van der Waals surface area contributed by atoms with Crippen molar-refractivity contribution in [2.24, 2.45) is 0 Å². The van der Waals surface area contributed by atoms with Crippen LogP contribution in [0.5, 0.6) is 0 Å². The maximum absolute atomic E-state index is 10.7. The fourth-order valence-corrected chi connectivity index (χ4v) is 4.95. The van der Waals surface area contributed by atoms with Crippen LogP contribution in [-0.2, 0) is 13.6 Å². The molecule has 0 aromatic carbocycles. The lowest BCUT2D eigenvalue weighted by atomic mass is 10.9. The topological polar surface area (TPSA) is 35.5 Å². The van der Waals surface area contributed by atoms with Gasteiger partial charge in [0.05, 0.1) is 0 Å². The summed E-state index contributed by atoms with van der Waals surface area (Å²) < 4.78 is 11.3. The number of rotatable bonds is 7. The molecule has 0 amide bonds. The summed E-state index contributed by atoms with van der Waals surface area (Å²) in [5, 5.41) is 0.161. The van der Waals surface area contributed by atoms with Crippen LogP contribution in [0.4, 0.5) is 0 Å². The third-order valence-corrected chi connectivity index (χ3v) is 5.89. The lowest BCUT2D eigenvalue weighted by molar-refractivity contribution is -0.109. The number of carbonyl (C=O) groups excluding carboxylic acids is 1. The molecule has 0 saturated heterocycles. The van der Waals surface area contributed by atoms with Crippen molar-refractivity contribution in [1.29, 1.82) is 0 Å². The lowest BCUT2D eigenvalue weighted by Gasteiger charge is -2.25. The summed E-state index contributed by atoms with van der Waals surface area (Å²) in [6.45, 7) is 8.97. The van der Waals surface area contributed by atoms with E-state index in [0.29, 0.717) is 13.2 Å². The van der Waals surface area contributed by atoms with Gasteiger partial charge >= 0.3 is 8.56 Å². The maximum atomic E-state index is 10.7. The molecule has 0 rings (SSSR count). The molecule has 0 aromatic heterocycles. The molecule has 3 nitrogen and oxygen atoms in total. The van der Waals surface area contributed by atoms with Crippen molar-refractivity contribution in [3.63, 3.8) is 0 Å². The Morgan fingerprint density at radius 3 is 2.14 bits per heavy atom. The molecule has 0 bridgehead atoms. The maximum Gasteiger partial charge on any atom is 0.335 e. The molecule has 0 N–H and O–H groups in total. The highest BCUT2D eigenvalue weighted by molar-refractivity contribution is 8.13. The number of carbonyl (C=O) groups is 1. The van der Waals surface area contributed by atoms with E-state index in [1.54, 1.807) is 6.92 Å². The molecule has 0 aromatic rings. The molecule has 0 aliphatic carbocycles. The monoisotopic (exact) mass is 236 g/mol. The van der Waals surface area contributed by atoms with Crippen LogP contribution >= 0.6 is 11.8 Å². The van der Waals surface area contributed by atoms with E-state index >= 15 is 0 Å². The van der Waals surface area contributed by atoms with Crippen LogP contribution in [0.15, 0.2) is 0 Å². The Hall–Kier alpha value is 0.157. The van der Waals surface area contributed by atoms with Crippen molar-refractivity contribution in [3.05, 3.63) is 0 Å². The van der Waals surface area contributed by atoms with Crippen molar-refractivity contribution < 1.29 is 13.6 Å². The molecule has 0 radical (unpaired) electrons. The van der Waals surface area contributed by atoms with Gasteiger partial charge in [0.15, 0.2) is 5.12 Å². The third-order valence-electron chi connectivity index (χ3n) is 1.76. The van der Waals surface area contributed by atoms with E-state index in [1.807, 2.05) is 13.8 Å². The average Bonchev–Trinajstić information content (AvgIpc) is 2.03. The zero-order chi connectivity index (χ0) is 11.0. The van der Waals surface area contributed by atoms with Gasteiger partial charge in [-0.1, -0.05) is 11.8 Å². The van der Waals surface area contributed by atoms with Gasteiger partial charge in [-0.3, -0.25) is 4.79 Å². The molecule has 0 saturated carbocycles. The summed E-state index contributed by atoms with van der Waals surface area (Å²) in [7, 11) is -1.99. The van der Waals surface area contributed by atoms with Crippen molar-refractivity contribution in [3.8, 4) is 0 Å². The second-order valence-corrected chi connectivity index (χ2v) is 7.71. The molecule has 0 atom stereocenters. The largest absolute Gasteiger partial charge is 0.395 e. The molecule has 84 valence electrons. The van der Waals surface area contributed by atoms with Crippen LogP contribution in [0.2, 0.25) is 12.6 Å². The van der Waals surface area contributed by atoms with Gasteiger partial charge in [0.2, 0.25) is 0 Å². The van der Waals surface area contributed by atoms with Crippen LogP contribution in [0.25, 0.3) is 0 Å². The summed E-state index contributed by atoms with van der Waals surface area (Å²) in [6, 6.07) is 0.874. The first-order valence-corrected chi connectivity index (χ1v) is 8.46. The second kappa shape index (κ2) is 7.45. The van der Waals surface area contributed by atoms with Crippen LogP contribution in [0.1, 0.15) is 20.8 Å². The van der Waals surface area contributed by atoms with Crippen molar-refractivity contribution in [1.82, 2.24) is 0 Å². The molecular formula is C9H20O3SSi. The Labute approximate surface area is 91.8 Å². The Balaban J connectivity index is 3.88. The van der Waals surface area contributed by atoms with Crippen LogP contribution < -0.4 is 0 Å².